The van der Waals surface area contributed by atoms with Gasteiger partial charge >= 0.3 is 0 Å². The lowest BCUT2D eigenvalue weighted by Crippen LogP contribution is -2.23. The first-order chi connectivity index (χ1) is 13.3. The molecule has 2 atom stereocenters. The number of likely N-dealkylation sites (N-methyl/N-ethyl adjacent to an activating group) is 2. The van der Waals surface area contributed by atoms with Gasteiger partial charge in [0.15, 0.2) is 0 Å². The van der Waals surface area contributed by atoms with Gasteiger partial charge in [0, 0.05) is 0 Å². The van der Waals surface area contributed by atoms with Crippen LogP contribution in [0.25, 0.3) is 0 Å². The van der Waals surface area contributed by atoms with E-state index in [2.05, 4.69) is 34.9 Å². The van der Waals surface area contributed by atoms with Crippen LogP contribution in [0.1, 0.15) is 23.2 Å². The second-order valence-electron chi connectivity index (χ2n) is 6.27. The first-order valence-corrected chi connectivity index (χ1v) is 9.52. The standard InChI is InChI=1S/C22H32N2O3/c1-23-21(19-9-5-3-6-10-19)17-26-15-13-25-14-16-27-18-22(24-2)20-11-7-4-8-12-20/h3-12,21-24H,13-18H2,1-2H3/t21-,22-/m1/s1. The van der Waals surface area contributed by atoms with E-state index in [-0.39, 0.29) is 12.1 Å². The number of hydrogen-bond donors (Lipinski definition) is 2. The van der Waals surface area contributed by atoms with E-state index in [1.165, 1.54) is 11.1 Å². The van der Waals surface area contributed by atoms with Crippen molar-refractivity contribution in [1.82, 2.24) is 10.6 Å². The van der Waals surface area contributed by atoms with E-state index < -0.39 is 0 Å². The van der Waals surface area contributed by atoms with Gasteiger partial charge in [-0.3, -0.25) is 0 Å². The van der Waals surface area contributed by atoms with Gasteiger partial charge < -0.3 is 24.8 Å². The number of nitrogens with one attached hydrogen (secondary N) is 2. The Morgan fingerprint density at radius 2 is 0.963 bits per heavy atom. The van der Waals surface area contributed by atoms with Gasteiger partial charge in [-0.15, -0.1) is 0 Å². The Balaban J connectivity index is 1.50. The minimum absolute atomic E-state index is 0.200. The highest BCUT2D eigenvalue weighted by molar-refractivity contribution is 5.19. The molecule has 0 heterocycles. The monoisotopic (exact) mass is 372 g/mol. The van der Waals surface area contributed by atoms with Crippen LogP contribution in [0.2, 0.25) is 0 Å². The fourth-order valence-electron chi connectivity index (χ4n) is 2.80. The third kappa shape index (κ3) is 8.20. The lowest BCUT2D eigenvalue weighted by atomic mass is 10.1. The van der Waals surface area contributed by atoms with Crippen molar-refractivity contribution in [3.8, 4) is 0 Å². The summed E-state index contributed by atoms with van der Waals surface area (Å²) in [6.45, 7) is 3.55. The molecule has 0 fully saturated rings. The molecule has 27 heavy (non-hydrogen) atoms. The Morgan fingerprint density at radius 3 is 1.33 bits per heavy atom. The van der Waals surface area contributed by atoms with Gasteiger partial charge in [-0.25, -0.2) is 0 Å². The zero-order valence-corrected chi connectivity index (χ0v) is 16.4. The number of ether oxygens (including phenoxy) is 3. The highest BCUT2D eigenvalue weighted by Crippen LogP contribution is 2.12. The zero-order valence-electron chi connectivity index (χ0n) is 16.4. The molecule has 0 radical (unpaired) electrons. The van der Waals surface area contributed by atoms with Crippen molar-refractivity contribution >= 4 is 0 Å². The minimum Gasteiger partial charge on any atom is -0.377 e. The fraction of sp³-hybridized carbons (Fsp3) is 0.455. The third-order valence-electron chi connectivity index (χ3n) is 4.41. The van der Waals surface area contributed by atoms with E-state index in [1.54, 1.807) is 0 Å². The van der Waals surface area contributed by atoms with Gasteiger partial charge in [0.1, 0.15) is 0 Å². The molecule has 0 aromatic heterocycles. The summed E-state index contributed by atoms with van der Waals surface area (Å²) in [5, 5.41) is 6.55. The molecule has 2 N–H and O–H groups in total. The van der Waals surface area contributed by atoms with Crippen LogP contribution in [0.4, 0.5) is 0 Å². The number of benzene rings is 2. The summed E-state index contributed by atoms with van der Waals surface area (Å²) in [5.41, 5.74) is 2.46. The first-order valence-electron chi connectivity index (χ1n) is 9.52. The van der Waals surface area contributed by atoms with Gasteiger partial charge in [-0.05, 0) is 25.2 Å². The van der Waals surface area contributed by atoms with E-state index in [4.69, 9.17) is 14.2 Å². The minimum atomic E-state index is 0.200. The van der Waals surface area contributed by atoms with Crippen LogP contribution in [-0.2, 0) is 14.2 Å². The molecule has 0 amide bonds. The van der Waals surface area contributed by atoms with Gasteiger partial charge in [0.25, 0.3) is 0 Å². The smallest absolute Gasteiger partial charge is 0.0701 e. The predicted molar refractivity (Wildman–Crippen MR) is 109 cm³/mol. The molecule has 0 aliphatic rings. The normalized spacial score (nSPS) is 13.4. The summed E-state index contributed by atoms with van der Waals surface area (Å²) < 4.78 is 17.0. The Hall–Kier alpha value is -1.76. The van der Waals surface area contributed by atoms with Crippen LogP contribution in [0.5, 0.6) is 0 Å². The summed E-state index contributed by atoms with van der Waals surface area (Å²) in [4.78, 5) is 0. The summed E-state index contributed by atoms with van der Waals surface area (Å²) in [6, 6.07) is 21.0. The van der Waals surface area contributed by atoms with E-state index in [9.17, 15) is 0 Å². The molecule has 0 bridgehead atoms. The molecule has 0 saturated heterocycles. The molecule has 2 aromatic rings. The maximum absolute atomic E-state index is 5.72. The topological polar surface area (TPSA) is 51.8 Å². The van der Waals surface area contributed by atoms with Crippen molar-refractivity contribution in [2.75, 3.05) is 53.7 Å². The second kappa shape index (κ2) is 13.4. The predicted octanol–water partition coefficient (Wildman–Crippen LogP) is 2.96. The SMILES string of the molecule is CN[C@H](COCCOCCOC[C@@H](NC)c1ccccc1)c1ccccc1. The van der Waals surface area contributed by atoms with Crippen LogP contribution in [0.3, 0.4) is 0 Å². The Labute approximate surface area is 163 Å². The highest BCUT2D eigenvalue weighted by atomic mass is 16.5. The van der Waals surface area contributed by atoms with Crippen LogP contribution >= 0.6 is 0 Å². The molecule has 0 saturated carbocycles. The lowest BCUT2D eigenvalue weighted by Gasteiger charge is -2.17. The Kier molecular flexibility index (Phi) is 10.7. The summed E-state index contributed by atoms with van der Waals surface area (Å²) >= 11 is 0. The van der Waals surface area contributed by atoms with Gasteiger partial charge in [-0.2, -0.15) is 0 Å². The number of rotatable bonds is 14. The largest absolute Gasteiger partial charge is 0.377 e. The molecular formula is C22H32N2O3. The maximum atomic E-state index is 5.72. The molecule has 5 nitrogen and oxygen atoms in total. The molecule has 0 aliphatic carbocycles. The maximum Gasteiger partial charge on any atom is 0.0701 e. The van der Waals surface area contributed by atoms with Gasteiger partial charge in [-0.1, -0.05) is 60.7 Å². The van der Waals surface area contributed by atoms with Crippen molar-refractivity contribution in [3.05, 3.63) is 71.8 Å². The van der Waals surface area contributed by atoms with Crippen LogP contribution in [0.15, 0.2) is 60.7 Å². The van der Waals surface area contributed by atoms with Crippen LogP contribution < -0.4 is 10.6 Å². The Morgan fingerprint density at radius 1 is 0.593 bits per heavy atom. The summed E-state index contributed by atoms with van der Waals surface area (Å²) in [6.07, 6.45) is 0. The first kappa shape index (κ1) is 21.5. The van der Waals surface area contributed by atoms with Crippen molar-refractivity contribution in [2.45, 2.75) is 12.1 Å². The van der Waals surface area contributed by atoms with Crippen molar-refractivity contribution < 1.29 is 14.2 Å². The number of hydrogen-bond acceptors (Lipinski definition) is 5. The molecular weight excluding hydrogens is 340 g/mol. The zero-order chi connectivity index (χ0) is 19.2. The Bertz CT molecular complexity index is 542. The average molecular weight is 373 g/mol. The molecule has 0 unspecified atom stereocenters. The molecule has 0 aliphatic heterocycles. The van der Waals surface area contributed by atoms with Crippen molar-refractivity contribution in [3.63, 3.8) is 0 Å². The molecule has 5 heteroatoms. The van der Waals surface area contributed by atoms with Crippen LogP contribution in [0, 0.1) is 0 Å². The summed E-state index contributed by atoms with van der Waals surface area (Å²) in [7, 11) is 3.89. The van der Waals surface area contributed by atoms with Gasteiger partial charge in [0.2, 0.25) is 0 Å². The van der Waals surface area contributed by atoms with E-state index in [0.717, 1.165) is 0 Å². The quantitative estimate of drug-likeness (QED) is 0.500. The van der Waals surface area contributed by atoms with E-state index >= 15 is 0 Å². The van der Waals surface area contributed by atoms with Crippen molar-refractivity contribution in [2.24, 2.45) is 0 Å². The summed E-state index contributed by atoms with van der Waals surface area (Å²) in [5.74, 6) is 0. The van der Waals surface area contributed by atoms with Gasteiger partial charge in [0.05, 0.1) is 51.7 Å². The van der Waals surface area contributed by atoms with Crippen LogP contribution in [-0.4, -0.2) is 53.7 Å². The highest BCUT2D eigenvalue weighted by Gasteiger charge is 2.09. The molecule has 2 rings (SSSR count). The molecule has 0 spiro atoms. The molecule has 2 aromatic carbocycles. The van der Waals surface area contributed by atoms with E-state index in [0.29, 0.717) is 39.6 Å². The van der Waals surface area contributed by atoms with Crippen molar-refractivity contribution in [1.29, 1.82) is 0 Å². The average Bonchev–Trinajstić information content (AvgIpc) is 2.73. The second-order valence-corrected chi connectivity index (χ2v) is 6.27. The third-order valence-corrected chi connectivity index (χ3v) is 4.41. The molecule has 148 valence electrons. The fourth-order valence-corrected chi connectivity index (χ4v) is 2.80. The van der Waals surface area contributed by atoms with E-state index in [1.807, 2.05) is 50.5 Å². The lowest BCUT2D eigenvalue weighted by molar-refractivity contribution is 0.00711.